The molecule has 0 N–H and O–H groups in total. The van der Waals surface area contributed by atoms with Gasteiger partial charge in [0.05, 0.1) is 33.1 Å². The number of hydrogen-bond acceptors (Lipinski definition) is 2. The molecule has 0 saturated heterocycles. The number of fused-ring (bicyclic) bond motifs is 12. The van der Waals surface area contributed by atoms with Crippen molar-refractivity contribution in [2.75, 3.05) is 0 Å². The predicted molar refractivity (Wildman–Crippen MR) is 215 cm³/mol. The average Bonchev–Trinajstić information content (AvgIpc) is 3.93. The molecule has 0 aliphatic carbocycles. The van der Waals surface area contributed by atoms with E-state index in [4.69, 9.17) is 4.42 Å². The second kappa shape index (κ2) is 10.2. The standard InChI is InChI=1S/C47H28N4O/c1-2-10-29(11-3-1)49-42-20-18-30(24-35(42)39-28-48-23-22-43(39)49)50-40-15-7-4-12-32(40)36-26-37-33-13-5-8-16-41(33)51(45(37)27-44(36)50)31-19-21-47-38(25-31)34-14-6-9-17-46(34)52-47/h1-28H. The van der Waals surface area contributed by atoms with Gasteiger partial charge in [-0.15, -0.1) is 0 Å². The van der Waals surface area contributed by atoms with Crippen molar-refractivity contribution in [2.24, 2.45) is 0 Å². The molecule has 0 atom stereocenters. The van der Waals surface area contributed by atoms with Gasteiger partial charge in [-0.3, -0.25) is 4.98 Å². The number of nitrogens with zero attached hydrogens (tertiary/aromatic N) is 4. The van der Waals surface area contributed by atoms with Crippen LogP contribution < -0.4 is 0 Å². The van der Waals surface area contributed by atoms with Crippen molar-refractivity contribution in [1.29, 1.82) is 0 Å². The van der Waals surface area contributed by atoms with Crippen LogP contribution in [0, 0.1) is 0 Å². The Balaban J connectivity index is 1.17. The van der Waals surface area contributed by atoms with E-state index in [9.17, 15) is 0 Å². The largest absolute Gasteiger partial charge is 0.456 e. The fourth-order valence-corrected chi connectivity index (χ4v) is 8.69. The van der Waals surface area contributed by atoms with Crippen molar-refractivity contribution >= 4 is 87.4 Å². The number of pyridine rings is 1. The molecular formula is C47H28N4O. The minimum Gasteiger partial charge on any atom is -0.456 e. The molecule has 0 unspecified atom stereocenters. The molecule has 12 aromatic rings. The molecular weight excluding hydrogens is 637 g/mol. The van der Waals surface area contributed by atoms with Crippen molar-refractivity contribution < 1.29 is 4.42 Å². The number of aromatic nitrogens is 4. The lowest BCUT2D eigenvalue weighted by Crippen LogP contribution is -1.96. The molecule has 5 heterocycles. The summed E-state index contributed by atoms with van der Waals surface area (Å²) in [5, 5.41) is 9.48. The third kappa shape index (κ3) is 3.69. The van der Waals surface area contributed by atoms with Crippen LogP contribution in [0.1, 0.15) is 0 Å². The molecule has 0 fully saturated rings. The molecule has 5 aromatic heterocycles. The second-order valence-electron chi connectivity index (χ2n) is 13.6. The van der Waals surface area contributed by atoms with Gasteiger partial charge < -0.3 is 18.1 Å². The van der Waals surface area contributed by atoms with Gasteiger partial charge in [0.25, 0.3) is 0 Å². The highest BCUT2D eigenvalue weighted by atomic mass is 16.3. The first kappa shape index (κ1) is 27.7. The molecule has 0 spiro atoms. The molecule has 5 heteroatoms. The van der Waals surface area contributed by atoms with E-state index in [-0.39, 0.29) is 0 Å². The van der Waals surface area contributed by atoms with E-state index in [0.717, 1.165) is 66.5 Å². The number of benzene rings is 7. The molecule has 0 bridgehead atoms. The molecule has 0 amide bonds. The Morgan fingerprint density at radius 3 is 1.62 bits per heavy atom. The number of para-hydroxylation sites is 4. The fourth-order valence-electron chi connectivity index (χ4n) is 8.69. The minimum atomic E-state index is 0.896. The number of furan rings is 1. The molecule has 5 nitrogen and oxygen atoms in total. The highest BCUT2D eigenvalue weighted by Gasteiger charge is 2.20. The molecule has 0 aliphatic heterocycles. The van der Waals surface area contributed by atoms with Crippen LogP contribution in [-0.4, -0.2) is 18.7 Å². The third-order valence-corrected chi connectivity index (χ3v) is 10.9. The SMILES string of the molecule is c1ccc(-n2c3ccncc3c3cc(-n4c5ccccc5c5cc6c7ccccc7n(-c7ccc8oc9ccccc9c8c7)c6cc54)ccc32)cc1. The smallest absolute Gasteiger partial charge is 0.135 e. The maximum Gasteiger partial charge on any atom is 0.135 e. The summed E-state index contributed by atoms with van der Waals surface area (Å²) in [6.45, 7) is 0. The summed E-state index contributed by atoms with van der Waals surface area (Å²) >= 11 is 0. The van der Waals surface area contributed by atoms with Crippen LogP contribution in [0.4, 0.5) is 0 Å². The van der Waals surface area contributed by atoms with Crippen molar-refractivity contribution in [2.45, 2.75) is 0 Å². The highest BCUT2D eigenvalue weighted by Crippen LogP contribution is 2.41. The molecule has 52 heavy (non-hydrogen) atoms. The summed E-state index contributed by atoms with van der Waals surface area (Å²) < 4.78 is 13.4. The summed E-state index contributed by atoms with van der Waals surface area (Å²) in [7, 11) is 0. The van der Waals surface area contributed by atoms with Crippen LogP contribution in [0.2, 0.25) is 0 Å². The quantitative estimate of drug-likeness (QED) is 0.189. The Morgan fingerprint density at radius 2 is 0.865 bits per heavy atom. The van der Waals surface area contributed by atoms with Gasteiger partial charge in [-0.2, -0.15) is 0 Å². The number of rotatable bonds is 3. The van der Waals surface area contributed by atoms with E-state index < -0.39 is 0 Å². The van der Waals surface area contributed by atoms with E-state index in [1.165, 1.54) is 38.0 Å². The van der Waals surface area contributed by atoms with Crippen LogP contribution in [0.15, 0.2) is 175 Å². The van der Waals surface area contributed by atoms with Gasteiger partial charge in [-0.25, -0.2) is 0 Å². The van der Waals surface area contributed by atoms with Crippen molar-refractivity contribution in [3.05, 3.63) is 170 Å². The van der Waals surface area contributed by atoms with Gasteiger partial charge in [0, 0.05) is 72.5 Å². The third-order valence-electron chi connectivity index (χ3n) is 10.9. The van der Waals surface area contributed by atoms with Gasteiger partial charge >= 0.3 is 0 Å². The molecule has 0 radical (unpaired) electrons. The highest BCUT2D eigenvalue weighted by molar-refractivity contribution is 6.20. The van der Waals surface area contributed by atoms with Crippen molar-refractivity contribution in [1.82, 2.24) is 18.7 Å². The minimum absolute atomic E-state index is 0.896. The molecule has 0 saturated carbocycles. The summed E-state index contributed by atoms with van der Waals surface area (Å²) in [6.07, 6.45) is 3.88. The summed E-state index contributed by atoms with van der Waals surface area (Å²) in [5.74, 6) is 0. The zero-order valence-corrected chi connectivity index (χ0v) is 27.9. The van der Waals surface area contributed by atoms with Crippen LogP contribution in [0.3, 0.4) is 0 Å². The first-order valence-electron chi connectivity index (χ1n) is 17.6. The molecule has 7 aromatic carbocycles. The Morgan fingerprint density at radius 1 is 0.327 bits per heavy atom. The van der Waals surface area contributed by atoms with Gasteiger partial charge in [-0.1, -0.05) is 72.8 Å². The lowest BCUT2D eigenvalue weighted by atomic mass is 10.1. The van der Waals surface area contributed by atoms with E-state index >= 15 is 0 Å². The monoisotopic (exact) mass is 664 g/mol. The van der Waals surface area contributed by atoms with Crippen LogP contribution in [0.25, 0.3) is 104 Å². The lowest BCUT2D eigenvalue weighted by molar-refractivity contribution is 0.669. The molecule has 12 rings (SSSR count). The molecule has 242 valence electrons. The zero-order valence-electron chi connectivity index (χ0n) is 27.9. The van der Waals surface area contributed by atoms with E-state index in [2.05, 4.69) is 164 Å². The van der Waals surface area contributed by atoms with Crippen molar-refractivity contribution in [3.8, 4) is 17.1 Å². The van der Waals surface area contributed by atoms with Crippen LogP contribution in [0.5, 0.6) is 0 Å². The summed E-state index contributed by atoms with van der Waals surface area (Å²) in [4.78, 5) is 4.56. The van der Waals surface area contributed by atoms with Crippen molar-refractivity contribution in [3.63, 3.8) is 0 Å². The molecule has 0 aliphatic rings. The predicted octanol–water partition coefficient (Wildman–Crippen LogP) is 12.3. The lowest BCUT2D eigenvalue weighted by Gasteiger charge is -2.11. The normalized spacial score (nSPS) is 12.2. The number of hydrogen-bond donors (Lipinski definition) is 0. The average molecular weight is 665 g/mol. The summed E-state index contributed by atoms with van der Waals surface area (Å²) in [6, 6.07) is 56.7. The Kier molecular flexibility index (Phi) is 5.44. The maximum atomic E-state index is 6.22. The van der Waals surface area contributed by atoms with Crippen LogP contribution >= 0.6 is 0 Å². The Hall–Kier alpha value is -7.11. The van der Waals surface area contributed by atoms with E-state index in [0.29, 0.717) is 0 Å². The fraction of sp³-hybridized carbons (Fsp3) is 0. The Labute approximate surface area is 296 Å². The zero-order chi connectivity index (χ0) is 33.9. The van der Waals surface area contributed by atoms with Crippen LogP contribution in [-0.2, 0) is 0 Å². The van der Waals surface area contributed by atoms with E-state index in [1.807, 2.05) is 24.5 Å². The second-order valence-corrected chi connectivity index (χ2v) is 13.6. The van der Waals surface area contributed by atoms with Gasteiger partial charge in [0.2, 0.25) is 0 Å². The topological polar surface area (TPSA) is 40.8 Å². The maximum absolute atomic E-state index is 6.22. The van der Waals surface area contributed by atoms with Gasteiger partial charge in [-0.05, 0) is 84.9 Å². The first-order valence-corrected chi connectivity index (χ1v) is 17.6. The van der Waals surface area contributed by atoms with Gasteiger partial charge in [0.15, 0.2) is 0 Å². The Bertz CT molecular complexity index is 3410. The van der Waals surface area contributed by atoms with Gasteiger partial charge in [0.1, 0.15) is 11.2 Å². The first-order chi connectivity index (χ1) is 25.8. The summed E-state index contributed by atoms with van der Waals surface area (Å²) in [5.41, 5.74) is 12.1. The van der Waals surface area contributed by atoms with E-state index in [1.54, 1.807) is 0 Å².